The minimum Gasteiger partial charge on any atom is -0.497 e. The summed E-state index contributed by atoms with van der Waals surface area (Å²) in [6.07, 6.45) is 1.36. The molecule has 0 bridgehead atoms. The van der Waals surface area contributed by atoms with Crippen LogP contribution in [0.15, 0.2) is 103 Å². The SMILES string of the molecule is COc1ccc(CN2Cc3c(c(OC(c4ccccc4)c4ccccc4)c4ncccc4c3CBr)C2=O)cc1. The quantitative estimate of drug-likeness (QED) is 0.179. The Labute approximate surface area is 236 Å². The van der Waals surface area contributed by atoms with Gasteiger partial charge < -0.3 is 14.4 Å². The van der Waals surface area contributed by atoms with E-state index in [1.165, 1.54) is 0 Å². The first kappa shape index (κ1) is 25.1. The van der Waals surface area contributed by atoms with Gasteiger partial charge >= 0.3 is 0 Å². The minimum atomic E-state index is -0.403. The second kappa shape index (κ2) is 10.9. The Balaban J connectivity index is 1.48. The van der Waals surface area contributed by atoms with Gasteiger partial charge in [-0.05, 0) is 46.0 Å². The van der Waals surface area contributed by atoms with Gasteiger partial charge in [0.05, 0.1) is 12.7 Å². The fourth-order valence-electron chi connectivity index (χ4n) is 5.27. The van der Waals surface area contributed by atoms with Crippen LogP contribution >= 0.6 is 15.9 Å². The summed E-state index contributed by atoms with van der Waals surface area (Å²) in [5.41, 5.74) is 6.40. The van der Waals surface area contributed by atoms with E-state index in [-0.39, 0.29) is 5.91 Å². The van der Waals surface area contributed by atoms with Crippen LogP contribution in [-0.2, 0) is 18.4 Å². The third-order valence-corrected chi connectivity index (χ3v) is 7.76. The molecule has 1 aromatic heterocycles. The number of alkyl halides is 1. The van der Waals surface area contributed by atoms with Gasteiger partial charge in [0.25, 0.3) is 5.91 Å². The van der Waals surface area contributed by atoms with Crippen molar-refractivity contribution in [1.29, 1.82) is 0 Å². The van der Waals surface area contributed by atoms with Crippen LogP contribution in [0.4, 0.5) is 0 Å². The number of nitrogens with zero attached hydrogens (tertiary/aromatic N) is 2. The van der Waals surface area contributed by atoms with Gasteiger partial charge in [-0.2, -0.15) is 0 Å². The fraction of sp³-hybridized carbons (Fsp3) is 0.152. The molecular formula is C33H27BrN2O3. The average molecular weight is 579 g/mol. The molecule has 0 aliphatic carbocycles. The second-order valence-corrected chi connectivity index (χ2v) is 10.1. The van der Waals surface area contributed by atoms with Crippen molar-refractivity contribution >= 4 is 32.7 Å². The number of methoxy groups -OCH3 is 1. The zero-order chi connectivity index (χ0) is 26.8. The van der Waals surface area contributed by atoms with Crippen LogP contribution < -0.4 is 9.47 Å². The molecule has 4 aromatic carbocycles. The second-order valence-electron chi connectivity index (χ2n) is 9.52. The van der Waals surface area contributed by atoms with Gasteiger partial charge in [0.15, 0.2) is 5.75 Å². The molecule has 0 spiro atoms. The van der Waals surface area contributed by atoms with Gasteiger partial charge in [0, 0.05) is 30.0 Å². The van der Waals surface area contributed by atoms with Crippen molar-refractivity contribution in [3.8, 4) is 11.5 Å². The Morgan fingerprint density at radius 3 is 2.18 bits per heavy atom. The first-order valence-electron chi connectivity index (χ1n) is 12.8. The van der Waals surface area contributed by atoms with Gasteiger partial charge in [-0.3, -0.25) is 9.78 Å². The number of fused-ring (bicyclic) bond motifs is 2. The number of carbonyl (C=O) groups is 1. The average Bonchev–Trinajstić information content (AvgIpc) is 3.31. The third kappa shape index (κ3) is 4.77. The summed E-state index contributed by atoms with van der Waals surface area (Å²) in [4.78, 5) is 20.7. The zero-order valence-corrected chi connectivity index (χ0v) is 23.1. The number of ether oxygens (including phenoxy) is 2. The van der Waals surface area contributed by atoms with E-state index in [1.807, 2.05) is 71.6 Å². The molecule has 5 nitrogen and oxygen atoms in total. The predicted octanol–water partition coefficient (Wildman–Crippen LogP) is 7.46. The number of halogens is 1. The van der Waals surface area contributed by atoms with Crippen molar-refractivity contribution in [3.63, 3.8) is 0 Å². The Bertz CT molecular complexity index is 1580. The van der Waals surface area contributed by atoms with Crippen molar-refractivity contribution < 1.29 is 14.3 Å². The Morgan fingerprint density at radius 2 is 1.56 bits per heavy atom. The molecule has 0 saturated carbocycles. The van der Waals surface area contributed by atoms with Gasteiger partial charge in [0.1, 0.15) is 17.4 Å². The summed E-state index contributed by atoms with van der Waals surface area (Å²) in [6.45, 7) is 0.993. The molecule has 6 heteroatoms. The van der Waals surface area contributed by atoms with Crippen LogP contribution in [0.2, 0.25) is 0 Å². The van der Waals surface area contributed by atoms with Crippen molar-refractivity contribution in [2.75, 3.05) is 7.11 Å². The summed E-state index contributed by atoms with van der Waals surface area (Å²) in [6, 6.07) is 32.0. The summed E-state index contributed by atoms with van der Waals surface area (Å²) >= 11 is 3.69. The largest absolute Gasteiger partial charge is 0.497 e. The van der Waals surface area contributed by atoms with E-state index in [2.05, 4.69) is 46.3 Å². The number of amides is 1. The van der Waals surface area contributed by atoms with E-state index in [1.54, 1.807) is 13.3 Å². The van der Waals surface area contributed by atoms with E-state index in [0.717, 1.165) is 39.0 Å². The summed E-state index contributed by atoms with van der Waals surface area (Å²) in [7, 11) is 1.65. The third-order valence-electron chi connectivity index (χ3n) is 7.20. The number of benzene rings is 4. The Kier molecular flexibility index (Phi) is 7.03. The first-order chi connectivity index (χ1) is 19.2. The lowest BCUT2D eigenvalue weighted by Gasteiger charge is -2.23. The van der Waals surface area contributed by atoms with Gasteiger partial charge in [-0.15, -0.1) is 0 Å². The lowest BCUT2D eigenvalue weighted by atomic mass is 9.97. The van der Waals surface area contributed by atoms with Gasteiger partial charge in [-0.25, -0.2) is 0 Å². The van der Waals surface area contributed by atoms with Crippen LogP contribution in [0.1, 0.15) is 44.3 Å². The minimum absolute atomic E-state index is 0.0505. The summed E-state index contributed by atoms with van der Waals surface area (Å²) in [5.74, 6) is 1.27. The molecule has 2 heterocycles. The fourth-order valence-corrected chi connectivity index (χ4v) is 5.91. The molecule has 0 saturated heterocycles. The lowest BCUT2D eigenvalue weighted by molar-refractivity contribution is 0.0762. The van der Waals surface area contributed by atoms with Gasteiger partial charge in [-0.1, -0.05) is 94.8 Å². The molecule has 0 atom stereocenters. The van der Waals surface area contributed by atoms with E-state index in [9.17, 15) is 4.79 Å². The summed E-state index contributed by atoms with van der Waals surface area (Å²) in [5, 5.41) is 1.60. The first-order valence-corrected chi connectivity index (χ1v) is 14.0. The Morgan fingerprint density at radius 1 is 0.897 bits per heavy atom. The highest BCUT2D eigenvalue weighted by Gasteiger charge is 2.36. The number of rotatable bonds is 8. The van der Waals surface area contributed by atoms with Crippen LogP contribution in [0.3, 0.4) is 0 Å². The highest BCUT2D eigenvalue weighted by atomic mass is 79.9. The molecule has 194 valence electrons. The number of hydrogen-bond donors (Lipinski definition) is 0. The molecular weight excluding hydrogens is 552 g/mol. The van der Waals surface area contributed by atoms with E-state index < -0.39 is 6.10 Å². The zero-order valence-electron chi connectivity index (χ0n) is 21.5. The molecule has 1 aliphatic heterocycles. The lowest BCUT2D eigenvalue weighted by Crippen LogP contribution is -2.23. The monoisotopic (exact) mass is 578 g/mol. The summed E-state index contributed by atoms with van der Waals surface area (Å²) < 4.78 is 12.2. The molecule has 5 aromatic rings. The van der Waals surface area contributed by atoms with E-state index in [0.29, 0.717) is 35.2 Å². The molecule has 1 amide bonds. The predicted molar refractivity (Wildman–Crippen MR) is 156 cm³/mol. The Hall–Kier alpha value is -4.16. The maximum absolute atomic E-state index is 14.1. The van der Waals surface area contributed by atoms with Crippen LogP contribution in [0.5, 0.6) is 11.5 Å². The molecule has 0 fully saturated rings. The number of carbonyl (C=O) groups excluding carboxylic acids is 1. The standard InChI is InChI=1S/C33H27BrN2O3/c1-38-25-16-14-22(15-17-25)20-36-21-28-27(19-34)26-13-8-18-35-30(26)32(29(28)33(36)37)39-31(23-9-4-2-5-10-23)24-11-6-3-7-12-24/h2-18,31H,19-21H2,1H3. The van der Waals surface area contributed by atoms with E-state index in [4.69, 9.17) is 14.5 Å². The van der Waals surface area contributed by atoms with Crippen molar-refractivity contribution in [1.82, 2.24) is 9.88 Å². The molecule has 0 unspecified atom stereocenters. The van der Waals surface area contributed by atoms with Crippen molar-refractivity contribution in [2.45, 2.75) is 24.5 Å². The van der Waals surface area contributed by atoms with Crippen molar-refractivity contribution in [2.24, 2.45) is 0 Å². The maximum Gasteiger partial charge on any atom is 0.258 e. The topological polar surface area (TPSA) is 51.7 Å². The molecule has 1 aliphatic rings. The smallest absolute Gasteiger partial charge is 0.258 e. The number of hydrogen-bond acceptors (Lipinski definition) is 4. The normalized spacial score (nSPS) is 12.7. The molecule has 0 N–H and O–H groups in total. The van der Waals surface area contributed by atoms with Crippen LogP contribution in [0, 0.1) is 0 Å². The van der Waals surface area contributed by atoms with Crippen LogP contribution in [0.25, 0.3) is 10.9 Å². The maximum atomic E-state index is 14.1. The van der Waals surface area contributed by atoms with Crippen molar-refractivity contribution in [3.05, 3.63) is 137 Å². The highest BCUT2D eigenvalue weighted by Crippen LogP contribution is 2.43. The highest BCUT2D eigenvalue weighted by molar-refractivity contribution is 9.08. The number of pyridine rings is 1. The molecule has 6 rings (SSSR count). The molecule has 39 heavy (non-hydrogen) atoms. The molecule has 0 radical (unpaired) electrons. The van der Waals surface area contributed by atoms with E-state index >= 15 is 0 Å². The number of aromatic nitrogens is 1. The van der Waals surface area contributed by atoms with Gasteiger partial charge in [0.2, 0.25) is 0 Å². The van der Waals surface area contributed by atoms with Crippen LogP contribution in [-0.4, -0.2) is 22.9 Å².